The van der Waals surface area contributed by atoms with Crippen LogP contribution in [0.15, 0.2) is 53.9 Å². The SMILES string of the molecule is O=C(O)c1ccccc1-c1csc(-c2ccc(Cl)cc2)n1. The van der Waals surface area contributed by atoms with Crippen LogP contribution in [-0.4, -0.2) is 16.1 Å². The fraction of sp³-hybridized carbons (Fsp3) is 0. The van der Waals surface area contributed by atoms with Crippen LogP contribution in [0.4, 0.5) is 0 Å². The fourth-order valence-corrected chi connectivity index (χ4v) is 2.97. The standard InChI is InChI=1S/C16H10ClNO2S/c17-11-7-5-10(6-8-11)15-18-14(9-21-15)12-3-1-2-4-13(12)16(19)20/h1-9H,(H,19,20). The number of aromatic nitrogens is 1. The Morgan fingerprint density at radius 1 is 1.10 bits per heavy atom. The summed E-state index contributed by atoms with van der Waals surface area (Å²) in [4.78, 5) is 15.8. The third kappa shape index (κ3) is 2.82. The lowest BCUT2D eigenvalue weighted by Crippen LogP contribution is -1.99. The lowest BCUT2D eigenvalue weighted by atomic mass is 10.1. The number of nitrogens with zero attached hydrogens (tertiary/aromatic N) is 1. The molecule has 0 saturated carbocycles. The molecule has 1 aromatic heterocycles. The zero-order valence-electron chi connectivity index (χ0n) is 10.8. The van der Waals surface area contributed by atoms with Crippen molar-refractivity contribution in [3.05, 3.63) is 64.5 Å². The predicted octanol–water partition coefficient (Wildman–Crippen LogP) is 4.83. The van der Waals surface area contributed by atoms with Crippen molar-refractivity contribution in [2.75, 3.05) is 0 Å². The average molecular weight is 316 g/mol. The highest BCUT2D eigenvalue weighted by molar-refractivity contribution is 7.13. The van der Waals surface area contributed by atoms with Gasteiger partial charge in [0.25, 0.3) is 0 Å². The Morgan fingerprint density at radius 3 is 2.52 bits per heavy atom. The number of carboxylic acids is 1. The van der Waals surface area contributed by atoms with Gasteiger partial charge in [-0.15, -0.1) is 11.3 Å². The number of thiazole rings is 1. The number of carbonyl (C=O) groups is 1. The van der Waals surface area contributed by atoms with Crippen molar-refractivity contribution in [3.63, 3.8) is 0 Å². The molecule has 21 heavy (non-hydrogen) atoms. The molecular weight excluding hydrogens is 306 g/mol. The van der Waals surface area contributed by atoms with Gasteiger partial charge in [0.1, 0.15) is 5.01 Å². The first-order chi connectivity index (χ1) is 10.1. The predicted molar refractivity (Wildman–Crippen MR) is 85.0 cm³/mol. The van der Waals surface area contributed by atoms with Crippen molar-refractivity contribution < 1.29 is 9.90 Å². The van der Waals surface area contributed by atoms with E-state index in [0.717, 1.165) is 10.6 Å². The molecular formula is C16H10ClNO2S. The molecule has 0 amide bonds. The van der Waals surface area contributed by atoms with E-state index in [9.17, 15) is 9.90 Å². The topological polar surface area (TPSA) is 50.2 Å². The van der Waals surface area contributed by atoms with Gasteiger partial charge in [-0.1, -0.05) is 41.9 Å². The van der Waals surface area contributed by atoms with E-state index in [1.807, 2.05) is 35.7 Å². The summed E-state index contributed by atoms with van der Waals surface area (Å²) >= 11 is 7.35. The van der Waals surface area contributed by atoms with E-state index in [1.54, 1.807) is 18.2 Å². The van der Waals surface area contributed by atoms with Crippen LogP contribution in [0.2, 0.25) is 5.02 Å². The van der Waals surface area contributed by atoms with Crippen LogP contribution < -0.4 is 0 Å². The van der Waals surface area contributed by atoms with Crippen LogP contribution in [-0.2, 0) is 0 Å². The number of hydrogen-bond acceptors (Lipinski definition) is 3. The van der Waals surface area contributed by atoms with Crippen molar-refractivity contribution in [1.29, 1.82) is 0 Å². The number of benzene rings is 2. The summed E-state index contributed by atoms with van der Waals surface area (Å²) in [7, 11) is 0. The summed E-state index contributed by atoms with van der Waals surface area (Å²) in [5.74, 6) is -0.952. The first-order valence-electron chi connectivity index (χ1n) is 6.19. The maximum absolute atomic E-state index is 11.3. The Labute approximate surface area is 130 Å². The van der Waals surface area contributed by atoms with Crippen molar-refractivity contribution in [2.24, 2.45) is 0 Å². The average Bonchev–Trinajstić information content (AvgIpc) is 2.97. The molecule has 3 nitrogen and oxygen atoms in total. The number of halogens is 1. The number of rotatable bonds is 3. The summed E-state index contributed by atoms with van der Waals surface area (Å²) in [5.41, 5.74) is 2.51. The van der Waals surface area contributed by atoms with Gasteiger partial charge in [0.15, 0.2) is 0 Å². The molecule has 0 bridgehead atoms. The van der Waals surface area contributed by atoms with Crippen LogP contribution in [0, 0.1) is 0 Å². The number of hydrogen-bond donors (Lipinski definition) is 1. The zero-order chi connectivity index (χ0) is 14.8. The molecule has 3 rings (SSSR count). The van der Waals surface area contributed by atoms with Gasteiger partial charge in [-0.05, 0) is 18.2 Å². The van der Waals surface area contributed by atoms with Gasteiger partial charge in [-0.3, -0.25) is 0 Å². The van der Waals surface area contributed by atoms with Crippen LogP contribution in [0.5, 0.6) is 0 Å². The maximum Gasteiger partial charge on any atom is 0.336 e. The van der Waals surface area contributed by atoms with E-state index in [2.05, 4.69) is 4.98 Å². The number of carboxylic acid groups (broad SMARTS) is 1. The third-order valence-electron chi connectivity index (χ3n) is 3.03. The molecule has 0 aliphatic carbocycles. The smallest absolute Gasteiger partial charge is 0.336 e. The highest BCUT2D eigenvalue weighted by Gasteiger charge is 2.14. The molecule has 0 radical (unpaired) electrons. The van der Waals surface area contributed by atoms with Crippen LogP contribution in [0.1, 0.15) is 10.4 Å². The van der Waals surface area contributed by atoms with Gasteiger partial charge in [0, 0.05) is 21.5 Å². The highest BCUT2D eigenvalue weighted by atomic mass is 35.5. The summed E-state index contributed by atoms with van der Waals surface area (Å²) < 4.78 is 0. The van der Waals surface area contributed by atoms with Crippen LogP contribution >= 0.6 is 22.9 Å². The molecule has 0 aliphatic heterocycles. The molecule has 0 spiro atoms. The molecule has 0 saturated heterocycles. The zero-order valence-corrected chi connectivity index (χ0v) is 12.4. The van der Waals surface area contributed by atoms with E-state index >= 15 is 0 Å². The van der Waals surface area contributed by atoms with Gasteiger partial charge >= 0.3 is 5.97 Å². The maximum atomic E-state index is 11.3. The minimum atomic E-state index is -0.952. The molecule has 3 aromatic rings. The fourth-order valence-electron chi connectivity index (χ4n) is 2.02. The van der Waals surface area contributed by atoms with Gasteiger partial charge < -0.3 is 5.11 Å². The molecule has 1 N–H and O–H groups in total. The second-order valence-corrected chi connectivity index (χ2v) is 5.69. The lowest BCUT2D eigenvalue weighted by Gasteiger charge is -2.02. The third-order valence-corrected chi connectivity index (χ3v) is 4.17. The van der Waals surface area contributed by atoms with Crippen molar-refractivity contribution >= 4 is 28.9 Å². The van der Waals surface area contributed by atoms with Crippen molar-refractivity contribution in [2.45, 2.75) is 0 Å². The quantitative estimate of drug-likeness (QED) is 0.753. The Balaban J connectivity index is 2.03. The second-order valence-electron chi connectivity index (χ2n) is 4.40. The van der Waals surface area contributed by atoms with E-state index in [-0.39, 0.29) is 5.56 Å². The largest absolute Gasteiger partial charge is 0.478 e. The van der Waals surface area contributed by atoms with Gasteiger partial charge in [-0.2, -0.15) is 0 Å². The Hall–Kier alpha value is -2.17. The molecule has 5 heteroatoms. The first kappa shape index (κ1) is 13.8. The lowest BCUT2D eigenvalue weighted by molar-refractivity contribution is 0.0697. The summed E-state index contributed by atoms with van der Waals surface area (Å²) in [6.45, 7) is 0. The molecule has 2 aromatic carbocycles. The van der Waals surface area contributed by atoms with Crippen LogP contribution in [0.25, 0.3) is 21.8 Å². The molecule has 1 heterocycles. The second kappa shape index (κ2) is 5.68. The Kier molecular flexibility index (Phi) is 3.73. The van der Waals surface area contributed by atoms with E-state index in [1.165, 1.54) is 11.3 Å². The van der Waals surface area contributed by atoms with Crippen LogP contribution in [0.3, 0.4) is 0 Å². The van der Waals surface area contributed by atoms with Gasteiger partial charge in [-0.25, -0.2) is 9.78 Å². The molecule has 0 fully saturated rings. The summed E-state index contributed by atoms with van der Waals surface area (Å²) in [6.07, 6.45) is 0. The Morgan fingerprint density at radius 2 is 1.81 bits per heavy atom. The molecule has 0 atom stereocenters. The monoisotopic (exact) mass is 315 g/mol. The molecule has 0 aliphatic rings. The van der Waals surface area contributed by atoms with E-state index < -0.39 is 5.97 Å². The number of aromatic carboxylic acids is 1. The Bertz CT molecular complexity index is 796. The van der Waals surface area contributed by atoms with Gasteiger partial charge in [0.2, 0.25) is 0 Å². The highest BCUT2D eigenvalue weighted by Crippen LogP contribution is 2.31. The normalized spacial score (nSPS) is 10.5. The molecule has 104 valence electrons. The first-order valence-corrected chi connectivity index (χ1v) is 7.45. The summed E-state index contributed by atoms with van der Waals surface area (Å²) in [5, 5.41) is 12.6. The minimum absolute atomic E-state index is 0.255. The van der Waals surface area contributed by atoms with Gasteiger partial charge in [0.05, 0.1) is 11.3 Å². The molecule has 0 unspecified atom stereocenters. The van der Waals surface area contributed by atoms with Crippen molar-refractivity contribution in [1.82, 2.24) is 4.98 Å². The summed E-state index contributed by atoms with van der Waals surface area (Å²) in [6, 6.07) is 14.3. The van der Waals surface area contributed by atoms with Crippen molar-refractivity contribution in [3.8, 4) is 21.8 Å². The van der Waals surface area contributed by atoms with E-state index in [0.29, 0.717) is 16.3 Å². The minimum Gasteiger partial charge on any atom is -0.478 e. The van der Waals surface area contributed by atoms with E-state index in [4.69, 9.17) is 11.6 Å².